The van der Waals surface area contributed by atoms with Gasteiger partial charge in [-0.1, -0.05) is 95.5 Å². The molecule has 12 aromatic rings. The first-order chi connectivity index (χ1) is 43.2. The lowest BCUT2D eigenvalue weighted by atomic mass is 10.0. The number of halogens is 2. The second-order valence-corrected chi connectivity index (χ2v) is 21.8. The van der Waals surface area contributed by atoms with E-state index in [1.807, 2.05) is 82.3 Å². The average molecular weight is 1240 g/mol. The maximum atomic E-state index is 13.4. The molecule has 90 heavy (non-hydrogen) atoms. The highest BCUT2D eigenvalue weighted by molar-refractivity contribution is 6.34. The summed E-state index contributed by atoms with van der Waals surface area (Å²) in [5, 5.41) is 24.2. The van der Waals surface area contributed by atoms with E-state index >= 15 is 0 Å². The third kappa shape index (κ3) is 13.1. The Kier molecular flexibility index (Phi) is 18.2. The maximum Gasteiger partial charge on any atom is 0.259 e. The third-order valence-corrected chi connectivity index (χ3v) is 15.1. The first-order valence-corrected chi connectivity index (χ1v) is 28.5. The fourth-order valence-corrected chi connectivity index (χ4v) is 10.1. The van der Waals surface area contributed by atoms with Crippen molar-refractivity contribution >= 4 is 126 Å². The molecule has 0 radical (unpaired) electrons. The lowest BCUT2D eigenvalue weighted by Crippen LogP contribution is -2.31. The standard InChI is InChI=1S/C31H24N6O3.2C17H16ClN5O2/c1-18-11-13-20(14-12-18)30(39)36-28-26-29(33-16-32-28)37(17-34-26)25-15-23(27(38)22-9-5-4-8-21(22)25)31(40)35-24-10-6-3-7-19(24)2;2*1-9-4-5-12(18)13(6-9)22-17(25)15(11(3)24)23-8-21-14-10(2)19-7-20-16(14)23/h3-17,38H,1-2H3,(H,35,40)(H,32,33,36,39);2*4-8,15H,1-3H3,(H,22,25). The van der Waals surface area contributed by atoms with Gasteiger partial charge < -0.3 is 26.4 Å². The van der Waals surface area contributed by atoms with Crippen molar-refractivity contribution in [2.45, 2.75) is 67.5 Å². The van der Waals surface area contributed by atoms with E-state index in [2.05, 4.69) is 66.1 Å². The molecule has 4 amide bonds. The number of amides is 4. The van der Waals surface area contributed by atoms with Gasteiger partial charge in [-0.05, 0) is 121 Å². The van der Waals surface area contributed by atoms with Crippen LogP contribution in [0.3, 0.4) is 0 Å². The largest absolute Gasteiger partial charge is 0.506 e. The summed E-state index contributed by atoms with van der Waals surface area (Å²) in [6.45, 7) is 13.9. The number of phenolic OH excluding ortho intramolecular Hbond substituents is 1. The van der Waals surface area contributed by atoms with E-state index < -0.39 is 29.8 Å². The summed E-state index contributed by atoms with van der Waals surface area (Å²) < 4.78 is 4.61. The monoisotopic (exact) mass is 1240 g/mol. The molecule has 6 heterocycles. The van der Waals surface area contributed by atoms with Crippen LogP contribution in [0.1, 0.15) is 80.3 Å². The minimum atomic E-state index is -1.10. The number of para-hydroxylation sites is 1. The molecule has 25 heteroatoms. The van der Waals surface area contributed by atoms with E-state index in [0.29, 0.717) is 94.0 Å². The van der Waals surface area contributed by atoms with Crippen LogP contribution in [0.15, 0.2) is 153 Å². The van der Waals surface area contributed by atoms with Crippen LogP contribution in [0.5, 0.6) is 5.75 Å². The normalized spacial score (nSPS) is 11.7. The summed E-state index contributed by atoms with van der Waals surface area (Å²) in [5.41, 5.74) is 10.7. The molecule has 5 N–H and O–H groups in total. The van der Waals surface area contributed by atoms with Gasteiger partial charge in [0.1, 0.15) is 42.1 Å². The fourth-order valence-electron chi connectivity index (χ4n) is 9.80. The Hall–Kier alpha value is -11.2. The van der Waals surface area contributed by atoms with E-state index in [0.717, 1.165) is 22.3 Å². The van der Waals surface area contributed by atoms with E-state index in [-0.39, 0.29) is 34.6 Å². The van der Waals surface area contributed by atoms with Crippen molar-refractivity contribution in [3.05, 3.63) is 208 Å². The topological polar surface area (TPSA) is 302 Å². The molecule has 0 bridgehead atoms. The van der Waals surface area contributed by atoms with Gasteiger partial charge in [-0.15, -0.1) is 0 Å². The third-order valence-electron chi connectivity index (χ3n) is 14.4. The molecule has 2 unspecified atom stereocenters. The molecule has 0 saturated carbocycles. The second kappa shape index (κ2) is 26.4. The van der Waals surface area contributed by atoms with Crippen LogP contribution in [0, 0.1) is 41.5 Å². The van der Waals surface area contributed by atoms with Gasteiger partial charge >= 0.3 is 0 Å². The number of carbonyl (C=O) groups excluding carboxylic acids is 6. The minimum absolute atomic E-state index is 0.0979. The lowest BCUT2D eigenvalue weighted by molar-refractivity contribution is -0.130. The quantitative estimate of drug-likeness (QED) is 0.0670. The number of rotatable bonds is 13. The van der Waals surface area contributed by atoms with Crippen LogP contribution in [0.2, 0.25) is 10.0 Å². The predicted octanol–water partition coefficient (Wildman–Crippen LogP) is 11.5. The molecule has 0 spiro atoms. The van der Waals surface area contributed by atoms with Crippen molar-refractivity contribution in [3.8, 4) is 11.4 Å². The Morgan fingerprint density at radius 1 is 0.467 bits per heavy atom. The van der Waals surface area contributed by atoms with E-state index in [9.17, 15) is 33.9 Å². The first-order valence-electron chi connectivity index (χ1n) is 27.8. The van der Waals surface area contributed by atoms with Gasteiger partial charge in [-0.2, -0.15) is 0 Å². The molecule has 12 rings (SSSR count). The Bertz CT molecular complexity index is 4650. The average Bonchev–Trinajstić information content (AvgIpc) is 1.87. The smallest absolute Gasteiger partial charge is 0.259 e. The summed E-state index contributed by atoms with van der Waals surface area (Å²) in [7, 11) is 0. The van der Waals surface area contributed by atoms with Crippen molar-refractivity contribution in [2.75, 3.05) is 21.3 Å². The molecular formula is C65H56Cl2N16O7. The summed E-state index contributed by atoms with van der Waals surface area (Å²) in [6.07, 6.45) is 8.51. The van der Waals surface area contributed by atoms with E-state index in [1.165, 1.54) is 54.6 Å². The van der Waals surface area contributed by atoms with Gasteiger partial charge in [0, 0.05) is 22.0 Å². The fraction of sp³-hybridized carbons (Fsp3) is 0.154. The van der Waals surface area contributed by atoms with Crippen molar-refractivity contribution in [1.29, 1.82) is 0 Å². The summed E-state index contributed by atoms with van der Waals surface area (Å²) in [4.78, 5) is 114. The van der Waals surface area contributed by atoms with Gasteiger partial charge in [0.05, 0.1) is 56.7 Å². The second-order valence-electron chi connectivity index (χ2n) is 21.0. The van der Waals surface area contributed by atoms with Crippen LogP contribution in [-0.4, -0.2) is 98.9 Å². The van der Waals surface area contributed by atoms with Crippen molar-refractivity contribution in [1.82, 2.24) is 58.6 Å². The van der Waals surface area contributed by atoms with Crippen molar-refractivity contribution in [2.24, 2.45) is 0 Å². The van der Waals surface area contributed by atoms with Crippen LogP contribution in [-0.2, 0) is 19.2 Å². The van der Waals surface area contributed by atoms with Crippen molar-refractivity contribution in [3.63, 3.8) is 0 Å². The Balaban J connectivity index is 0.000000156. The number of nitrogens with zero attached hydrogens (tertiary/aromatic N) is 12. The van der Waals surface area contributed by atoms with E-state index in [4.69, 9.17) is 23.2 Å². The summed E-state index contributed by atoms with van der Waals surface area (Å²) >= 11 is 12.3. The molecule has 0 saturated heterocycles. The van der Waals surface area contributed by atoms with Crippen LogP contribution in [0.4, 0.5) is 22.9 Å². The number of anilines is 4. The molecule has 23 nitrogen and oxygen atoms in total. The highest BCUT2D eigenvalue weighted by Gasteiger charge is 2.30. The molecule has 0 aliphatic carbocycles. The van der Waals surface area contributed by atoms with Crippen LogP contribution < -0.4 is 21.3 Å². The summed E-state index contributed by atoms with van der Waals surface area (Å²) in [6, 6.07) is 31.8. The molecule has 452 valence electrons. The number of hydrogen-bond donors (Lipinski definition) is 5. The number of aromatic nitrogens is 12. The summed E-state index contributed by atoms with van der Waals surface area (Å²) in [5.74, 6) is -2.33. The molecule has 0 aliphatic rings. The van der Waals surface area contributed by atoms with Gasteiger partial charge in [-0.3, -0.25) is 42.5 Å². The number of hydrogen-bond acceptors (Lipinski definition) is 16. The zero-order valence-electron chi connectivity index (χ0n) is 49.6. The minimum Gasteiger partial charge on any atom is -0.506 e. The van der Waals surface area contributed by atoms with Gasteiger partial charge in [-0.25, -0.2) is 44.9 Å². The first kappa shape index (κ1) is 61.9. The number of nitrogens with one attached hydrogen (secondary N) is 4. The highest BCUT2D eigenvalue weighted by Crippen LogP contribution is 2.36. The molecular weight excluding hydrogens is 1190 g/mol. The maximum absolute atomic E-state index is 13.4. The van der Waals surface area contributed by atoms with Gasteiger partial charge in [0.2, 0.25) is 0 Å². The lowest BCUT2D eigenvalue weighted by Gasteiger charge is -2.17. The Labute approximate surface area is 523 Å². The Morgan fingerprint density at radius 2 is 0.956 bits per heavy atom. The number of imidazole rings is 3. The predicted molar refractivity (Wildman–Crippen MR) is 343 cm³/mol. The zero-order valence-corrected chi connectivity index (χ0v) is 51.1. The van der Waals surface area contributed by atoms with E-state index in [1.54, 1.807) is 85.4 Å². The molecule has 0 aliphatic heterocycles. The number of carbonyl (C=O) groups is 6. The molecule has 6 aromatic carbocycles. The SMILES string of the molecule is CC(=O)C(C(=O)Nc1cc(C)ccc1Cl)n1cnc2c(C)ncnc21.CC(=O)C(C(=O)Nc1cc(C)ccc1Cl)n1cnc2c(C)ncnc21.Cc1ccc(C(=O)Nc2ncnc3c2ncn3-c2cc(C(=O)Nc3ccccc3C)c(O)c3ccccc23)cc1. The van der Waals surface area contributed by atoms with Crippen LogP contribution >= 0.6 is 23.2 Å². The van der Waals surface area contributed by atoms with Crippen molar-refractivity contribution < 1.29 is 33.9 Å². The number of ketones is 2. The zero-order chi connectivity index (χ0) is 64.1. The number of fused-ring (bicyclic) bond motifs is 4. The number of aryl methyl sites for hydroxylation is 6. The highest BCUT2D eigenvalue weighted by atomic mass is 35.5. The van der Waals surface area contributed by atoms with Crippen LogP contribution in [0.25, 0.3) is 50.0 Å². The molecule has 0 fully saturated rings. The molecule has 2 atom stereocenters. The number of aromatic hydroxyl groups is 1. The van der Waals surface area contributed by atoms with Gasteiger partial charge in [0.15, 0.2) is 51.9 Å². The number of benzene rings is 6. The molecule has 6 aromatic heterocycles. The number of Topliss-reactive ketones (excluding diaryl/α,β-unsaturated/α-hetero) is 2. The Morgan fingerprint density at radius 3 is 1.50 bits per heavy atom. The number of phenols is 1. The van der Waals surface area contributed by atoms with Gasteiger partial charge in [0.25, 0.3) is 23.6 Å².